The minimum Gasteiger partial charge on any atom is -0.320 e. The van der Waals surface area contributed by atoms with Gasteiger partial charge in [0.25, 0.3) is 0 Å². The van der Waals surface area contributed by atoms with E-state index in [-0.39, 0.29) is 5.91 Å². The van der Waals surface area contributed by atoms with Crippen molar-refractivity contribution >= 4 is 5.91 Å². The lowest BCUT2D eigenvalue weighted by atomic mass is 10.2. The Morgan fingerprint density at radius 2 is 2.00 bits per heavy atom. The van der Waals surface area contributed by atoms with Crippen LogP contribution in [0.4, 0.5) is 0 Å². The highest BCUT2D eigenvalue weighted by Crippen LogP contribution is 2.08. The van der Waals surface area contributed by atoms with Crippen LogP contribution in [0.1, 0.15) is 18.4 Å². The molecule has 1 heterocycles. The highest BCUT2D eigenvalue weighted by Gasteiger charge is 2.15. The molecule has 1 fully saturated rings. The van der Waals surface area contributed by atoms with Crippen molar-refractivity contribution in [3.8, 4) is 0 Å². The van der Waals surface area contributed by atoms with E-state index in [0.29, 0.717) is 6.42 Å². The molecular weight excluding hydrogens is 186 g/mol. The summed E-state index contributed by atoms with van der Waals surface area (Å²) in [5, 5.41) is 0. The Morgan fingerprint density at radius 3 is 2.27 bits per heavy atom. The van der Waals surface area contributed by atoms with Crippen LogP contribution in [-0.2, 0) is 4.79 Å². The first-order chi connectivity index (χ1) is 7.24. The fourth-order valence-corrected chi connectivity index (χ4v) is 1.40. The maximum absolute atomic E-state index is 10.7. The van der Waals surface area contributed by atoms with E-state index in [1.54, 1.807) is 11.1 Å². The normalized spacial score (nSPS) is 14.5. The van der Waals surface area contributed by atoms with Crippen LogP contribution in [-0.4, -0.2) is 17.4 Å². The van der Waals surface area contributed by atoms with Crippen molar-refractivity contribution in [2.24, 2.45) is 0 Å². The lowest BCUT2D eigenvalue weighted by Gasteiger charge is -2.05. The zero-order valence-electron chi connectivity index (χ0n) is 9.15. The zero-order valence-corrected chi connectivity index (χ0v) is 9.15. The van der Waals surface area contributed by atoms with Crippen LogP contribution < -0.4 is 0 Å². The second kappa shape index (κ2) is 6.02. The van der Waals surface area contributed by atoms with Gasteiger partial charge in [0, 0.05) is 13.0 Å². The monoisotopic (exact) mass is 203 g/mol. The average Bonchev–Trinajstić information content (AvgIpc) is 2.66. The number of benzene rings is 1. The van der Waals surface area contributed by atoms with Gasteiger partial charge in [0.1, 0.15) is 0 Å². The number of carbonyl (C=O) groups excluding carboxylic acids is 1. The van der Waals surface area contributed by atoms with Gasteiger partial charge in [-0.1, -0.05) is 42.5 Å². The number of rotatable bonds is 1. The topological polar surface area (TPSA) is 20.3 Å². The molecule has 1 amide bonds. The smallest absolute Gasteiger partial charge is 0.226 e. The quantitative estimate of drug-likeness (QED) is 0.687. The second-order valence-electron chi connectivity index (χ2n) is 3.53. The van der Waals surface area contributed by atoms with Gasteiger partial charge in [-0.25, -0.2) is 0 Å². The molecule has 0 saturated carbocycles. The molecule has 0 radical (unpaired) electrons. The fraction of sp³-hybridized carbons (Fsp3) is 0.308. The van der Waals surface area contributed by atoms with E-state index in [4.69, 9.17) is 0 Å². The van der Waals surface area contributed by atoms with E-state index in [9.17, 15) is 4.79 Å². The van der Waals surface area contributed by atoms with Gasteiger partial charge < -0.3 is 4.90 Å². The summed E-state index contributed by atoms with van der Waals surface area (Å²) in [6.07, 6.45) is 3.28. The Morgan fingerprint density at radius 1 is 1.33 bits per heavy atom. The summed E-state index contributed by atoms with van der Waals surface area (Å²) in [5.41, 5.74) is 1.32. The van der Waals surface area contributed by atoms with E-state index in [1.807, 2.05) is 18.2 Å². The van der Waals surface area contributed by atoms with Crippen LogP contribution in [0.2, 0.25) is 0 Å². The average molecular weight is 203 g/mol. The summed E-state index contributed by atoms with van der Waals surface area (Å²) in [7, 11) is 0. The van der Waals surface area contributed by atoms with Crippen molar-refractivity contribution in [1.82, 2.24) is 4.90 Å². The second-order valence-corrected chi connectivity index (χ2v) is 3.53. The van der Waals surface area contributed by atoms with Crippen LogP contribution in [0.3, 0.4) is 0 Å². The van der Waals surface area contributed by atoms with Crippen molar-refractivity contribution in [3.63, 3.8) is 0 Å². The minimum absolute atomic E-state index is 0.208. The number of likely N-dealkylation sites (tertiary alicyclic amines) is 1. The molecule has 1 aliphatic rings. The van der Waals surface area contributed by atoms with Gasteiger partial charge in [-0.15, -0.1) is 0 Å². The van der Waals surface area contributed by atoms with E-state index in [2.05, 4.69) is 25.6 Å². The molecule has 1 saturated heterocycles. The molecule has 0 spiro atoms. The van der Waals surface area contributed by atoms with Gasteiger partial charge in [0.15, 0.2) is 0 Å². The number of amides is 1. The fourth-order valence-electron chi connectivity index (χ4n) is 1.40. The molecule has 0 aliphatic carbocycles. The molecule has 0 N–H and O–H groups in total. The molecule has 1 aliphatic heterocycles. The Labute approximate surface area is 91.2 Å². The third kappa shape index (κ3) is 3.98. The first kappa shape index (κ1) is 11.5. The molecule has 0 bridgehead atoms. The Hall–Kier alpha value is -1.57. The number of hydrogen-bond donors (Lipinski definition) is 0. The van der Waals surface area contributed by atoms with E-state index < -0.39 is 0 Å². The molecule has 80 valence electrons. The van der Waals surface area contributed by atoms with E-state index in [1.165, 1.54) is 5.56 Å². The molecule has 2 heteroatoms. The first-order valence-electron chi connectivity index (χ1n) is 5.17. The molecular formula is C13H17NO. The molecule has 2 rings (SSSR count). The lowest BCUT2D eigenvalue weighted by Crippen LogP contribution is -2.16. The van der Waals surface area contributed by atoms with Crippen molar-refractivity contribution in [3.05, 3.63) is 48.7 Å². The number of carbonyl (C=O) groups is 1. The van der Waals surface area contributed by atoms with Gasteiger partial charge in [0.05, 0.1) is 0 Å². The third-order valence-corrected chi connectivity index (χ3v) is 2.27. The predicted molar refractivity (Wildman–Crippen MR) is 62.3 cm³/mol. The van der Waals surface area contributed by atoms with E-state index >= 15 is 0 Å². The predicted octanol–water partition coefficient (Wildman–Crippen LogP) is 2.75. The summed E-state index contributed by atoms with van der Waals surface area (Å²) in [5.74, 6) is 0.208. The number of hydrogen-bond acceptors (Lipinski definition) is 1. The molecule has 1 aromatic rings. The highest BCUT2D eigenvalue weighted by atomic mass is 16.2. The lowest BCUT2D eigenvalue weighted by molar-refractivity contribution is -0.125. The van der Waals surface area contributed by atoms with Crippen molar-refractivity contribution in [2.75, 3.05) is 6.54 Å². The largest absolute Gasteiger partial charge is 0.320 e. The van der Waals surface area contributed by atoms with Crippen LogP contribution in [0, 0.1) is 6.92 Å². The van der Waals surface area contributed by atoms with Crippen molar-refractivity contribution in [2.45, 2.75) is 19.8 Å². The molecule has 0 atom stereocenters. The maximum atomic E-state index is 10.7. The third-order valence-electron chi connectivity index (χ3n) is 2.27. The van der Waals surface area contributed by atoms with Crippen LogP contribution in [0.25, 0.3) is 0 Å². The van der Waals surface area contributed by atoms with Gasteiger partial charge >= 0.3 is 0 Å². The summed E-state index contributed by atoms with van der Waals surface area (Å²) in [6, 6.07) is 10.3. The van der Waals surface area contributed by atoms with Gasteiger partial charge in [-0.3, -0.25) is 4.79 Å². The molecule has 0 unspecified atom stereocenters. The molecule has 2 nitrogen and oxygen atoms in total. The molecule has 15 heavy (non-hydrogen) atoms. The first-order valence-corrected chi connectivity index (χ1v) is 5.17. The maximum Gasteiger partial charge on any atom is 0.226 e. The molecule has 1 aromatic carbocycles. The number of aryl methyl sites for hydroxylation is 1. The summed E-state index contributed by atoms with van der Waals surface area (Å²) < 4.78 is 0. The Balaban J connectivity index is 0.000000151. The van der Waals surface area contributed by atoms with E-state index in [0.717, 1.165) is 13.0 Å². The minimum atomic E-state index is 0.208. The standard InChI is InChI=1S/C7H8.C6H9NO/c1-7-5-3-2-4-6-7;1-2-7-5-3-4-6(7)8/h2-6H,1H3;2H,1,3-5H2. The van der Waals surface area contributed by atoms with Crippen LogP contribution in [0.5, 0.6) is 0 Å². The van der Waals surface area contributed by atoms with Crippen molar-refractivity contribution < 1.29 is 4.79 Å². The number of nitrogens with zero attached hydrogens (tertiary/aromatic N) is 1. The SMILES string of the molecule is C=CN1CCCC1=O.Cc1ccccc1. The Bertz CT molecular complexity index is 319. The van der Waals surface area contributed by atoms with Crippen LogP contribution >= 0.6 is 0 Å². The van der Waals surface area contributed by atoms with Gasteiger partial charge in [-0.2, -0.15) is 0 Å². The zero-order chi connectivity index (χ0) is 11.1. The highest BCUT2D eigenvalue weighted by molar-refractivity contribution is 5.78. The summed E-state index contributed by atoms with van der Waals surface area (Å²) in [6.45, 7) is 6.44. The summed E-state index contributed by atoms with van der Waals surface area (Å²) >= 11 is 0. The molecule has 0 aromatic heterocycles. The van der Waals surface area contributed by atoms with Crippen LogP contribution in [0.15, 0.2) is 43.1 Å². The summed E-state index contributed by atoms with van der Waals surface area (Å²) in [4.78, 5) is 12.3. The Kier molecular flexibility index (Phi) is 4.61. The van der Waals surface area contributed by atoms with Gasteiger partial charge in [-0.05, 0) is 19.5 Å². The van der Waals surface area contributed by atoms with Crippen molar-refractivity contribution in [1.29, 1.82) is 0 Å². The van der Waals surface area contributed by atoms with Gasteiger partial charge in [0.2, 0.25) is 5.91 Å².